The minimum absolute atomic E-state index is 0.314. The van der Waals surface area contributed by atoms with E-state index in [1.165, 1.54) is 39.0 Å². The van der Waals surface area contributed by atoms with E-state index in [1.807, 2.05) is 0 Å². The fourth-order valence-corrected chi connectivity index (χ4v) is 9.45. The average molecular weight is 438 g/mol. The molecule has 0 saturated heterocycles. The number of fused-ring (bicyclic) bond motifs is 1. The van der Waals surface area contributed by atoms with Crippen LogP contribution in [-0.2, 0) is 32.2 Å². The normalized spacial score (nSPS) is 16.0. The standard InChI is InChI=1S/C21H23.2ClH.Zr/c1-4-15-13-18-12-11-17(6-3)21(20(18)14-15)19-10-8-7-9-16(19)5-2;;;/h7-14H,4-6H2,1-3H3;2*1H;/q;;;+2/p-2. The fraction of sp³-hybridized carbons (Fsp3) is 0.333. The molecule has 24 heavy (non-hydrogen) atoms. The molecule has 0 heterocycles. The maximum absolute atomic E-state index is 6.54. The predicted molar refractivity (Wildman–Crippen MR) is 103 cm³/mol. The molecule has 1 aliphatic rings. The van der Waals surface area contributed by atoms with E-state index in [0.29, 0.717) is 3.63 Å². The zero-order valence-corrected chi connectivity index (χ0v) is 18.5. The number of hydrogen-bond donors (Lipinski definition) is 0. The number of allylic oxidation sites excluding steroid dienone is 1. The molecule has 0 fully saturated rings. The molecule has 0 spiro atoms. The van der Waals surface area contributed by atoms with Gasteiger partial charge in [0, 0.05) is 0 Å². The van der Waals surface area contributed by atoms with E-state index in [2.05, 4.69) is 63.2 Å². The van der Waals surface area contributed by atoms with E-state index in [9.17, 15) is 0 Å². The Morgan fingerprint density at radius 1 is 0.875 bits per heavy atom. The summed E-state index contributed by atoms with van der Waals surface area (Å²) in [5.74, 6) is 0. The van der Waals surface area contributed by atoms with Crippen molar-refractivity contribution in [3.05, 3.63) is 64.2 Å². The molecule has 0 nitrogen and oxygen atoms in total. The van der Waals surface area contributed by atoms with Gasteiger partial charge in [0.25, 0.3) is 0 Å². The summed E-state index contributed by atoms with van der Waals surface area (Å²) in [5, 5.41) is 0. The van der Waals surface area contributed by atoms with Gasteiger partial charge in [0.2, 0.25) is 0 Å². The van der Waals surface area contributed by atoms with Crippen LogP contribution in [-0.4, -0.2) is 0 Å². The van der Waals surface area contributed by atoms with Crippen molar-refractivity contribution < 1.29 is 19.4 Å². The van der Waals surface area contributed by atoms with Crippen molar-refractivity contribution >= 4 is 23.1 Å². The molecule has 0 radical (unpaired) electrons. The van der Waals surface area contributed by atoms with E-state index in [-0.39, 0.29) is 0 Å². The summed E-state index contributed by atoms with van der Waals surface area (Å²) in [6.45, 7) is 6.68. The van der Waals surface area contributed by atoms with Gasteiger partial charge in [-0.05, 0) is 0 Å². The summed E-state index contributed by atoms with van der Waals surface area (Å²) in [7, 11) is 13.1. The van der Waals surface area contributed by atoms with E-state index in [1.54, 1.807) is 0 Å². The van der Waals surface area contributed by atoms with Crippen LogP contribution in [0.4, 0.5) is 0 Å². The summed E-state index contributed by atoms with van der Waals surface area (Å²) in [6, 6.07) is 13.4. The van der Waals surface area contributed by atoms with Crippen LogP contribution in [0.1, 0.15) is 53.1 Å². The fourth-order valence-electron chi connectivity index (χ4n) is 3.81. The Labute approximate surface area is 160 Å². The topological polar surface area (TPSA) is 0 Å². The monoisotopic (exact) mass is 435 g/mol. The molecule has 3 rings (SSSR count). The Bertz CT molecular complexity index is 777. The molecule has 1 aliphatic carbocycles. The molecule has 2 aromatic carbocycles. The molecule has 0 aromatic heterocycles. The van der Waals surface area contributed by atoms with E-state index < -0.39 is 19.4 Å². The van der Waals surface area contributed by atoms with Crippen molar-refractivity contribution in [1.29, 1.82) is 0 Å². The number of benzene rings is 2. The molecule has 0 N–H and O–H groups in total. The molecule has 0 saturated carbocycles. The second-order valence-electron chi connectivity index (χ2n) is 6.26. The van der Waals surface area contributed by atoms with Gasteiger partial charge >= 0.3 is 161 Å². The first-order chi connectivity index (χ1) is 11.6. The van der Waals surface area contributed by atoms with Crippen molar-refractivity contribution in [3.63, 3.8) is 0 Å². The first-order valence-corrected chi connectivity index (χ1v) is 16.5. The SMILES string of the molecule is CCC1=Cc2c(ccc(CC)c2-c2ccccc2CC)[CH]1[Zr]([Cl])[Cl]. The zero-order chi connectivity index (χ0) is 17.3. The van der Waals surface area contributed by atoms with Gasteiger partial charge in [0.15, 0.2) is 0 Å². The summed E-state index contributed by atoms with van der Waals surface area (Å²) >= 11 is -2.41. The van der Waals surface area contributed by atoms with E-state index in [0.717, 1.165) is 19.3 Å². The Morgan fingerprint density at radius 3 is 2.21 bits per heavy atom. The Kier molecular flexibility index (Phi) is 6.07. The Balaban J connectivity index is 2.30. The quantitative estimate of drug-likeness (QED) is 0.462. The molecule has 0 bridgehead atoms. The first kappa shape index (κ1) is 18.4. The van der Waals surface area contributed by atoms with Crippen molar-refractivity contribution in [2.24, 2.45) is 0 Å². The van der Waals surface area contributed by atoms with Gasteiger partial charge in [-0.15, -0.1) is 0 Å². The zero-order valence-electron chi connectivity index (χ0n) is 14.5. The van der Waals surface area contributed by atoms with Gasteiger partial charge in [-0.2, -0.15) is 0 Å². The van der Waals surface area contributed by atoms with Crippen molar-refractivity contribution in [3.8, 4) is 11.1 Å². The average Bonchev–Trinajstić information content (AvgIpc) is 2.99. The summed E-state index contributed by atoms with van der Waals surface area (Å²) < 4.78 is 0.314. The molecule has 0 amide bonds. The number of hydrogen-bond acceptors (Lipinski definition) is 0. The third-order valence-electron chi connectivity index (χ3n) is 5.05. The van der Waals surface area contributed by atoms with E-state index in [4.69, 9.17) is 17.0 Å². The number of aryl methyl sites for hydroxylation is 2. The summed E-state index contributed by atoms with van der Waals surface area (Å²) in [5.41, 5.74) is 9.75. The second-order valence-corrected chi connectivity index (χ2v) is 15.1. The number of halogens is 2. The van der Waals surface area contributed by atoms with Crippen molar-refractivity contribution in [2.75, 3.05) is 0 Å². The van der Waals surface area contributed by atoms with Crippen LogP contribution < -0.4 is 0 Å². The first-order valence-electron chi connectivity index (χ1n) is 8.74. The van der Waals surface area contributed by atoms with Crippen LogP contribution in [0.15, 0.2) is 42.0 Å². The van der Waals surface area contributed by atoms with Gasteiger partial charge in [-0.3, -0.25) is 0 Å². The van der Waals surface area contributed by atoms with Crippen LogP contribution in [0.25, 0.3) is 17.2 Å². The van der Waals surface area contributed by atoms with Crippen LogP contribution in [0.2, 0.25) is 0 Å². The van der Waals surface area contributed by atoms with Gasteiger partial charge in [-0.1, -0.05) is 0 Å². The molecular formula is C21H23Cl2Zr. The van der Waals surface area contributed by atoms with Crippen LogP contribution in [0.3, 0.4) is 0 Å². The van der Waals surface area contributed by atoms with E-state index >= 15 is 0 Å². The van der Waals surface area contributed by atoms with Gasteiger partial charge in [0.05, 0.1) is 0 Å². The molecule has 1 unspecified atom stereocenters. The second kappa shape index (κ2) is 7.90. The maximum atomic E-state index is 6.54. The molecule has 125 valence electrons. The van der Waals surface area contributed by atoms with Gasteiger partial charge < -0.3 is 0 Å². The minimum atomic E-state index is -2.41. The van der Waals surface area contributed by atoms with Gasteiger partial charge in [0.1, 0.15) is 0 Å². The molecule has 0 aliphatic heterocycles. The van der Waals surface area contributed by atoms with Crippen molar-refractivity contribution in [1.82, 2.24) is 0 Å². The molecule has 1 atom stereocenters. The predicted octanol–water partition coefficient (Wildman–Crippen LogP) is 7.25. The third-order valence-corrected chi connectivity index (χ3v) is 10.4. The Hall–Kier alpha value is -0.357. The molecule has 3 heteroatoms. The summed E-state index contributed by atoms with van der Waals surface area (Å²) in [4.78, 5) is 0. The summed E-state index contributed by atoms with van der Waals surface area (Å²) in [6.07, 6.45) is 5.49. The van der Waals surface area contributed by atoms with Crippen molar-refractivity contribution in [2.45, 2.75) is 43.7 Å². The van der Waals surface area contributed by atoms with Crippen LogP contribution in [0.5, 0.6) is 0 Å². The molecule has 2 aromatic rings. The number of rotatable bonds is 5. The van der Waals surface area contributed by atoms with Crippen LogP contribution in [0, 0.1) is 0 Å². The molecular weight excluding hydrogens is 414 g/mol. The Morgan fingerprint density at radius 2 is 1.58 bits per heavy atom. The van der Waals surface area contributed by atoms with Crippen LogP contribution >= 0.6 is 17.0 Å². The van der Waals surface area contributed by atoms with Gasteiger partial charge in [-0.25, -0.2) is 0 Å². The third kappa shape index (κ3) is 3.21.